The minimum atomic E-state index is 0.637. The maximum Gasteiger partial charge on any atom is 0.189 e. The summed E-state index contributed by atoms with van der Waals surface area (Å²) >= 11 is 4.95. The van der Waals surface area contributed by atoms with Crippen LogP contribution in [0.3, 0.4) is 0 Å². The van der Waals surface area contributed by atoms with Gasteiger partial charge in [-0.05, 0) is 25.6 Å². The second-order valence-electron chi connectivity index (χ2n) is 2.51. The van der Waals surface area contributed by atoms with Gasteiger partial charge in [-0.15, -0.1) is 0 Å². The number of hydrogen-bond acceptors (Lipinski definition) is 2. The van der Waals surface area contributed by atoms with Crippen molar-refractivity contribution in [3.63, 3.8) is 0 Å². The van der Waals surface area contributed by atoms with E-state index in [1.165, 1.54) is 0 Å². The Hall–Kier alpha value is -0.640. The van der Waals surface area contributed by atoms with Crippen molar-refractivity contribution in [1.82, 2.24) is 10.3 Å². The van der Waals surface area contributed by atoms with Crippen LogP contribution in [0.4, 0.5) is 0 Å². The molecule has 0 aliphatic heterocycles. The molecule has 0 aromatic rings. The third-order valence-corrected chi connectivity index (χ3v) is 1.72. The van der Waals surface area contributed by atoms with E-state index in [1.807, 2.05) is 25.9 Å². The van der Waals surface area contributed by atoms with Gasteiger partial charge in [0, 0.05) is 19.8 Å². The molecule has 0 aromatic heterocycles. The molecule has 0 saturated carbocycles. The van der Waals surface area contributed by atoms with Crippen LogP contribution >= 0.6 is 12.2 Å². The number of rotatable bonds is 2. The first kappa shape index (κ1) is 10.4. The number of hydrazone groups is 1. The van der Waals surface area contributed by atoms with E-state index in [-0.39, 0.29) is 0 Å². The average Bonchev–Trinajstić information content (AvgIpc) is 1.99. The SMILES string of the molecule is CC/C(C)=N/NC(=S)N(C)C. The molecule has 0 aliphatic carbocycles. The molecule has 0 amide bonds. The summed E-state index contributed by atoms with van der Waals surface area (Å²) in [5.41, 5.74) is 3.83. The quantitative estimate of drug-likeness (QED) is 0.386. The Morgan fingerprint density at radius 3 is 2.45 bits per heavy atom. The molecule has 0 fully saturated rings. The van der Waals surface area contributed by atoms with Crippen LogP contribution in [0, 0.1) is 0 Å². The van der Waals surface area contributed by atoms with Crippen LogP contribution < -0.4 is 5.43 Å². The monoisotopic (exact) mass is 173 g/mol. The van der Waals surface area contributed by atoms with Gasteiger partial charge in [-0.3, -0.25) is 5.43 Å². The molecule has 0 rings (SSSR count). The second kappa shape index (κ2) is 5.07. The first-order valence-corrected chi connectivity index (χ1v) is 3.99. The first-order valence-electron chi connectivity index (χ1n) is 3.58. The van der Waals surface area contributed by atoms with Crippen molar-refractivity contribution in [2.24, 2.45) is 5.10 Å². The average molecular weight is 173 g/mol. The van der Waals surface area contributed by atoms with E-state index < -0.39 is 0 Å². The van der Waals surface area contributed by atoms with E-state index in [1.54, 1.807) is 0 Å². The Bertz CT molecular complexity index is 163. The highest BCUT2D eigenvalue weighted by atomic mass is 32.1. The zero-order chi connectivity index (χ0) is 8.85. The molecule has 0 bridgehead atoms. The number of nitrogens with one attached hydrogen (secondary N) is 1. The highest BCUT2D eigenvalue weighted by molar-refractivity contribution is 7.80. The minimum absolute atomic E-state index is 0.637. The van der Waals surface area contributed by atoms with Gasteiger partial charge in [0.05, 0.1) is 0 Å². The molecule has 0 saturated heterocycles. The lowest BCUT2D eigenvalue weighted by atomic mass is 10.3. The van der Waals surface area contributed by atoms with Gasteiger partial charge in [0.25, 0.3) is 0 Å². The fourth-order valence-electron chi connectivity index (χ4n) is 0.322. The van der Waals surface area contributed by atoms with Crippen LogP contribution in [0.5, 0.6) is 0 Å². The van der Waals surface area contributed by atoms with Crippen LogP contribution in [-0.4, -0.2) is 29.8 Å². The van der Waals surface area contributed by atoms with Gasteiger partial charge >= 0.3 is 0 Å². The van der Waals surface area contributed by atoms with Gasteiger partial charge in [0.1, 0.15) is 0 Å². The molecule has 0 heterocycles. The van der Waals surface area contributed by atoms with Gasteiger partial charge in [-0.2, -0.15) is 5.10 Å². The minimum Gasteiger partial charge on any atom is -0.354 e. The smallest absolute Gasteiger partial charge is 0.189 e. The molecule has 1 N–H and O–H groups in total. The maximum absolute atomic E-state index is 4.95. The molecule has 4 heteroatoms. The van der Waals surface area contributed by atoms with E-state index >= 15 is 0 Å². The van der Waals surface area contributed by atoms with Crippen molar-refractivity contribution in [3.8, 4) is 0 Å². The second-order valence-corrected chi connectivity index (χ2v) is 2.90. The molecule has 11 heavy (non-hydrogen) atoms. The maximum atomic E-state index is 4.95. The van der Waals surface area contributed by atoms with Crippen molar-refractivity contribution in [3.05, 3.63) is 0 Å². The fourth-order valence-corrected chi connectivity index (χ4v) is 0.368. The zero-order valence-electron chi connectivity index (χ0n) is 7.51. The van der Waals surface area contributed by atoms with E-state index in [0.717, 1.165) is 12.1 Å². The highest BCUT2D eigenvalue weighted by Crippen LogP contribution is 1.83. The third-order valence-electron chi connectivity index (χ3n) is 1.26. The molecule has 0 radical (unpaired) electrons. The van der Waals surface area contributed by atoms with Crippen LogP contribution in [0.25, 0.3) is 0 Å². The van der Waals surface area contributed by atoms with E-state index in [0.29, 0.717) is 5.11 Å². The van der Waals surface area contributed by atoms with Crippen LogP contribution in [0.1, 0.15) is 20.3 Å². The summed E-state index contributed by atoms with van der Waals surface area (Å²) in [4.78, 5) is 1.81. The van der Waals surface area contributed by atoms with Crippen LogP contribution in [0.15, 0.2) is 5.10 Å². The number of thiocarbonyl (C=S) groups is 1. The van der Waals surface area contributed by atoms with Crippen molar-refractivity contribution in [2.75, 3.05) is 14.1 Å². The van der Waals surface area contributed by atoms with Gasteiger partial charge in [-0.25, -0.2) is 0 Å². The van der Waals surface area contributed by atoms with Crippen LogP contribution in [0.2, 0.25) is 0 Å². The third kappa shape index (κ3) is 4.72. The van der Waals surface area contributed by atoms with E-state index in [4.69, 9.17) is 12.2 Å². The summed E-state index contributed by atoms with van der Waals surface area (Å²) in [5, 5.41) is 4.68. The summed E-state index contributed by atoms with van der Waals surface area (Å²) in [6, 6.07) is 0. The predicted molar refractivity (Wildman–Crippen MR) is 52.8 cm³/mol. The van der Waals surface area contributed by atoms with Crippen molar-refractivity contribution in [2.45, 2.75) is 20.3 Å². The van der Waals surface area contributed by atoms with Gasteiger partial charge in [-0.1, -0.05) is 6.92 Å². The molecule has 0 atom stereocenters. The van der Waals surface area contributed by atoms with Crippen molar-refractivity contribution in [1.29, 1.82) is 0 Å². The fraction of sp³-hybridized carbons (Fsp3) is 0.714. The lowest BCUT2D eigenvalue weighted by Crippen LogP contribution is -2.31. The lowest BCUT2D eigenvalue weighted by molar-refractivity contribution is 0.605. The standard InChI is InChI=1S/C7H15N3S/c1-5-6(2)8-9-7(11)10(3)4/h5H2,1-4H3,(H,9,11)/b8-6+. The molecular formula is C7H15N3S. The van der Waals surface area contributed by atoms with Gasteiger partial charge in [0.15, 0.2) is 5.11 Å². The predicted octanol–water partition coefficient (Wildman–Crippen LogP) is 1.21. The summed E-state index contributed by atoms with van der Waals surface area (Å²) in [6.07, 6.45) is 0.947. The summed E-state index contributed by atoms with van der Waals surface area (Å²) in [7, 11) is 3.76. The van der Waals surface area contributed by atoms with E-state index in [2.05, 4.69) is 17.5 Å². The Morgan fingerprint density at radius 2 is 2.09 bits per heavy atom. The summed E-state index contributed by atoms with van der Waals surface area (Å²) in [5.74, 6) is 0. The van der Waals surface area contributed by atoms with E-state index in [9.17, 15) is 0 Å². The van der Waals surface area contributed by atoms with Crippen molar-refractivity contribution < 1.29 is 0 Å². The molecule has 0 aromatic carbocycles. The lowest BCUT2D eigenvalue weighted by Gasteiger charge is -2.12. The Labute approximate surface area is 73.5 Å². The zero-order valence-corrected chi connectivity index (χ0v) is 8.33. The normalized spacial score (nSPS) is 11.1. The van der Waals surface area contributed by atoms with Gasteiger partial charge in [0.2, 0.25) is 0 Å². The highest BCUT2D eigenvalue weighted by Gasteiger charge is 1.94. The molecule has 3 nitrogen and oxygen atoms in total. The van der Waals surface area contributed by atoms with Gasteiger partial charge < -0.3 is 4.90 Å². The topological polar surface area (TPSA) is 27.6 Å². The largest absolute Gasteiger partial charge is 0.354 e. The van der Waals surface area contributed by atoms with Crippen LogP contribution in [-0.2, 0) is 0 Å². The summed E-state index contributed by atoms with van der Waals surface area (Å²) in [6.45, 7) is 4.02. The Morgan fingerprint density at radius 1 is 1.55 bits per heavy atom. The Kier molecular flexibility index (Phi) is 4.77. The first-order chi connectivity index (χ1) is 5.07. The molecule has 64 valence electrons. The number of nitrogens with zero attached hydrogens (tertiary/aromatic N) is 2. The molecule has 0 spiro atoms. The van der Waals surface area contributed by atoms with Crippen molar-refractivity contribution >= 4 is 23.0 Å². The summed E-state index contributed by atoms with van der Waals surface area (Å²) < 4.78 is 0. The number of hydrogen-bond donors (Lipinski definition) is 1. The Balaban J connectivity index is 3.78. The molecule has 0 aliphatic rings. The molecular weight excluding hydrogens is 158 g/mol. The molecule has 0 unspecified atom stereocenters.